The Morgan fingerprint density at radius 2 is 1.13 bits per heavy atom. The van der Waals surface area contributed by atoms with Crippen molar-refractivity contribution in [2.45, 2.75) is 12.8 Å². The van der Waals surface area contributed by atoms with Crippen molar-refractivity contribution in [3.63, 3.8) is 0 Å². The van der Waals surface area contributed by atoms with Gasteiger partial charge in [0, 0.05) is 43.8 Å². The Morgan fingerprint density at radius 1 is 0.442 bits per heavy atom. The van der Waals surface area contributed by atoms with E-state index in [4.69, 9.17) is 23.8 Å². The van der Waals surface area contributed by atoms with Crippen LogP contribution in [0.3, 0.4) is 0 Å². The molecular weight excluding hydrogens is 639 g/mol. The van der Waals surface area contributed by atoms with E-state index in [9.17, 15) is 0 Å². The highest BCUT2D eigenvalue weighted by molar-refractivity contribution is 6.16. The molecule has 0 aliphatic heterocycles. The third-order valence-electron chi connectivity index (χ3n) is 10.4. The summed E-state index contributed by atoms with van der Waals surface area (Å²) in [5.74, 6) is 1.90. The maximum atomic E-state index is 6.73. The fraction of sp³-hybridized carbons (Fsp3) is 0.0426. The van der Waals surface area contributed by atoms with Crippen LogP contribution in [0.1, 0.15) is 17.5 Å². The van der Waals surface area contributed by atoms with Crippen molar-refractivity contribution in [3.8, 4) is 45.3 Å². The molecule has 7 aromatic carbocycles. The van der Waals surface area contributed by atoms with Gasteiger partial charge in [-0.1, -0.05) is 121 Å². The minimum atomic E-state index is 0.607. The average molecular weight is 668 g/mol. The zero-order valence-electron chi connectivity index (χ0n) is 28.0. The average Bonchev–Trinajstić information content (AvgIpc) is 3.79. The summed E-state index contributed by atoms with van der Waals surface area (Å²) in [7, 11) is 0. The van der Waals surface area contributed by atoms with Crippen LogP contribution in [0.2, 0.25) is 0 Å². The van der Waals surface area contributed by atoms with Gasteiger partial charge in [0.15, 0.2) is 17.5 Å². The Hall–Kier alpha value is -6.85. The van der Waals surface area contributed by atoms with Crippen molar-refractivity contribution in [1.29, 1.82) is 0 Å². The molecule has 244 valence electrons. The molecule has 52 heavy (non-hydrogen) atoms. The lowest BCUT2D eigenvalue weighted by molar-refractivity contribution is 0.668. The Kier molecular flexibility index (Phi) is 6.31. The third kappa shape index (κ3) is 4.46. The molecule has 1 aliphatic carbocycles. The first-order chi connectivity index (χ1) is 25.8. The van der Waals surface area contributed by atoms with Crippen molar-refractivity contribution in [3.05, 3.63) is 157 Å². The highest BCUT2D eigenvalue weighted by atomic mass is 16.3. The Morgan fingerprint density at radius 3 is 2.04 bits per heavy atom. The van der Waals surface area contributed by atoms with Crippen LogP contribution in [-0.2, 0) is 6.42 Å². The molecular formula is C47H29N3O2. The predicted molar refractivity (Wildman–Crippen MR) is 211 cm³/mol. The summed E-state index contributed by atoms with van der Waals surface area (Å²) in [6.45, 7) is 0. The molecule has 5 heteroatoms. The van der Waals surface area contributed by atoms with Gasteiger partial charge in [-0.2, -0.15) is 0 Å². The number of aryl methyl sites for hydroxylation is 1. The molecule has 0 saturated heterocycles. The van der Waals surface area contributed by atoms with Gasteiger partial charge in [0.2, 0.25) is 0 Å². The van der Waals surface area contributed by atoms with Gasteiger partial charge < -0.3 is 8.83 Å². The minimum Gasteiger partial charge on any atom is -0.456 e. The van der Waals surface area contributed by atoms with Crippen LogP contribution in [-0.4, -0.2) is 15.0 Å². The van der Waals surface area contributed by atoms with Crippen molar-refractivity contribution in [1.82, 2.24) is 15.0 Å². The molecule has 1 aliphatic rings. The van der Waals surface area contributed by atoms with Gasteiger partial charge in [-0.05, 0) is 70.6 Å². The molecule has 0 unspecified atom stereocenters. The van der Waals surface area contributed by atoms with Gasteiger partial charge in [-0.3, -0.25) is 0 Å². The molecule has 10 aromatic rings. The van der Waals surface area contributed by atoms with Crippen LogP contribution in [0.25, 0.3) is 106 Å². The summed E-state index contributed by atoms with van der Waals surface area (Å²) < 4.78 is 12.9. The number of para-hydroxylation sites is 2. The van der Waals surface area contributed by atoms with Crippen LogP contribution < -0.4 is 0 Å². The second-order valence-electron chi connectivity index (χ2n) is 13.4. The van der Waals surface area contributed by atoms with Crippen LogP contribution in [0.4, 0.5) is 0 Å². The zero-order chi connectivity index (χ0) is 34.2. The van der Waals surface area contributed by atoms with Crippen LogP contribution >= 0.6 is 0 Å². The summed E-state index contributed by atoms with van der Waals surface area (Å²) in [5.41, 5.74) is 10.9. The monoisotopic (exact) mass is 667 g/mol. The number of aromatic nitrogens is 3. The maximum Gasteiger partial charge on any atom is 0.164 e. The number of hydrogen-bond acceptors (Lipinski definition) is 5. The highest BCUT2D eigenvalue weighted by Crippen LogP contribution is 2.42. The molecule has 0 saturated carbocycles. The van der Waals surface area contributed by atoms with Gasteiger partial charge in [0.1, 0.15) is 22.3 Å². The molecule has 0 bridgehead atoms. The molecule has 5 nitrogen and oxygen atoms in total. The maximum absolute atomic E-state index is 6.73. The van der Waals surface area contributed by atoms with Gasteiger partial charge in [-0.25, -0.2) is 15.0 Å². The summed E-state index contributed by atoms with van der Waals surface area (Å²) in [5, 5.41) is 6.51. The molecule has 0 spiro atoms. The fourth-order valence-electron chi connectivity index (χ4n) is 7.97. The lowest BCUT2D eigenvalue weighted by Crippen LogP contribution is -2.03. The quantitative estimate of drug-likeness (QED) is 0.187. The number of rotatable bonds is 4. The van der Waals surface area contributed by atoms with Crippen LogP contribution in [0.5, 0.6) is 0 Å². The summed E-state index contributed by atoms with van der Waals surface area (Å²) >= 11 is 0. The molecule has 11 rings (SSSR count). The van der Waals surface area contributed by atoms with Crippen molar-refractivity contribution in [2.75, 3.05) is 0 Å². The van der Waals surface area contributed by atoms with Gasteiger partial charge in [0.25, 0.3) is 0 Å². The van der Waals surface area contributed by atoms with Gasteiger partial charge in [0.05, 0.1) is 0 Å². The first-order valence-corrected chi connectivity index (χ1v) is 17.7. The number of nitrogens with zero attached hydrogens (tertiary/aromatic N) is 3. The first kappa shape index (κ1) is 28.9. The number of benzene rings is 7. The molecule has 0 fully saturated rings. The van der Waals surface area contributed by atoms with E-state index < -0.39 is 0 Å². The van der Waals surface area contributed by atoms with E-state index in [2.05, 4.69) is 103 Å². The van der Waals surface area contributed by atoms with Crippen molar-refractivity contribution < 1.29 is 8.83 Å². The van der Waals surface area contributed by atoms with Crippen molar-refractivity contribution in [2.24, 2.45) is 0 Å². The smallest absolute Gasteiger partial charge is 0.164 e. The molecule has 0 radical (unpaired) electrons. The molecule has 0 N–H and O–H groups in total. The summed E-state index contributed by atoms with van der Waals surface area (Å²) in [6, 6.07) is 48.1. The SMILES string of the molecule is C1=Cc2c(cc(-c3nc(-c4ccccc4)nc(-c4cccc5oc6c(-c7ccc8oc9ccccc9c8c7)cccc6c45)n3)c3ccccc23)CC1. The molecule has 3 heterocycles. The third-order valence-corrected chi connectivity index (χ3v) is 10.4. The second-order valence-corrected chi connectivity index (χ2v) is 13.4. The minimum absolute atomic E-state index is 0.607. The topological polar surface area (TPSA) is 65.0 Å². The normalized spacial score (nSPS) is 12.8. The largest absolute Gasteiger partial charge is 0.456 e. The summed E-state index contributed by atoms with van der Waals surface area (Å²) in [6.07, 6.45) is 6.53. The number of fused-ring (bicyclic) bond motifs is 9. The zero-order valence-corrected chi connectivity index (χ0v) is 28.0. The fourth-order valence-corrected chi connectivity index (χ4v) is 7.97. The second kappa shape index (κ2) is 11.3. The van der Waals surface area contributed by atoms with Gasteiger partial charge in [-0.15, -0.1) is 0 Å². The van der Waals surface area contributed by atoms with Crippen molar-refractivity contribution >= 4 is 60.7 Å². The molecule has 3 aromatic heterocycles. The van der Waals surface area contributed by atoms with E-state index >= 15 is 0 Å². The van der Waals surface area contributed by atoms with Crippen LogP contribution in [0, 0.1) is 0 Å². The molecule has 0 amide bonds. The Labute approximate surface area is 298 Å². The lowest BCUT2D eigenvalue weighted by atomic mass is 9.89. The van der Waals surface area contributed by atoms with Crippen LogP contribution in [0.15, 0.2) is 154 Å². The number of hydrogen-bond donors (Lipinski definition) is 0. The van der Waals surface area contributed by atoms with E-state index in [1.165, 1.54) is 16.5 Å². The number of furan rings is 2. The van der Waals surface area contributed by atoms with Gasteiger partial charge >= 0.3 is 0 Å². The lowest BCUT2D eigenvalue weighted by Gasteiger charge is -2.17. The Bertz CT molecular complexity index is 3080. The Balaban J connectivity index is 1.14. The van der Waals surface area contributed by atoms with E-state index in [0.717, 1.165) is 89.9 Å². The highest BCUT2D eigenvalue weighted by Gasteiger charge is 2.22. The molecule has 0 atom stereocenters. The van der Waals surface area contributed by atoms with E-state index in [0.29, 0.717) is 17.5 Å². The first-order valence-electron chi connectivity index (χ1n) is 17.7. The van der Waals surface area contributed by atoms with E-state index in [1.807, 2.05) is 48.5 Å². The van der Waals surface area contributed by atoms with E-state index in [-0.39, 0.29) is 0 Å². The number of allylic oxidation sites excluding steroid dienone is 1. The standard InChI is InChI=1S/C47H29N3O2/c1-2-12-28(13-3-1)45-48-46(50-47(49-45)39-27-29-14-4-5-15-31(29)33-16-6-7-17-34(33)39)37-21-11-23-42-43(37)36-20-10-19-32(44(36)52-42)30-24-25-41-38(26-30)35-18-8-9-22-40(35)51-41/h1-3,5-13,15-27H,4,14H2. The summed E-state index contributed by atoms with van der Waals surface area (Å²) in [4.78, 5) is 15.6. The predicted octanol–water partition coefficient (Wildman–Crippen LogP) is 12.5. The van der Waals surface area contributed by atoms with E-state index in [1.54, 1.807) is 0 Å².